The fraction of sp³-hybridized carbons (Fsp3) is 0.750. The zero-order valence-electron chi connectivity index (χ0n) is 22.8. The van der Waals surface area contributed by atoms with Gasteiger partial charge in [-0.3, -0.25) is 4.57 Å². The lowest BCUT2D eigenvalue weighted by Crippen LogP contribution is -2.54. The zero-order chi connectivity index (χ0) is 26.5. The van der Waals surface area contributed by atoms with Gasteiger partial charge in [0.1, 0.15) is 36.3 Å². The second kappa shape index (κ2) is 7.65. The Bertz CT molecular complexity index is 1240. The summed E-state index contributed by atoms with van der Waals surface area (Å²) in [5.41, 5.74) is -3.08. The first-order chi connectivity index (χ1) is 16.4. The summed E-state index contributed by atoms with van der Waals surface area (Å²) in [4.78, 5) is 21.4. The molecule has 5 rings (SSSR count). The molecule has 0 bridgehead atoms. The van der Waals surface area contributed by atoms with Gasteiger partial charge in [-0.1, -0.05) is 20.8 Å². The molecule has 0 aromatic carbocycles. The van der Waals surface area contributed by atoms with E-state index in [-0.39, 0.29) is 11.5 Å². The van der Waals surface area contributed by atoms with E-state index in [0.717, 1.165) is 5.56 Å². The molecule has 5 atom stereocenters. The van der Waals surface area contributed by atoms with E-state index in [1.54, 1.807) is 6.20 Å². The van der Waals surface area contributed by atoms with Gasteiger partial charge < -0.3 is 13.6 Å². The average molecular weight is 536 g/mol. The maximum Gasteiger partial charge on any atom is 0.351 e. The van der Waals surface area contributed by atoms with E-state index in [4.69, 9.17) is 13.6 Å². The number of nitrogens with zero attached hydrogens (tertiary/aromatic N) is 5. The Morgan fingerprint density at radius 3 is 2.44 bits per heavy atom. The van der Waals surface area contributed by atoms with E-state index in [1.165, 1.54) is 21.9 Å². The van der Waals surface area contributed by atoms with E-state index in [1.807, 2.05) is 6.92 Å². The van der Waals surface area contributed by atoms with Gasteiger partial charge in [0.2, 0.25) is 0 Å². The lowest BCUT2D eigenvalue weighted by molar-refractivity contribution is -0.100. The molecule has 1 saturated heterocycles. The molecule has 1 aliphatic heterocycles. The molecule has 198 valence electrons. The van der Waals surface area contributed by atoms with Gasteiger partial charge in [0.15, 0.2) is 22.5 Å². The molecule has 3 fully saturated rings. The summed E-state index contributed by atoms with van der Waals surface area (Å²) in [6, 6.07) is 0. The van der Waals surface area contributed by atoms with Crippen LogP contribution in [0.2, 0.25) is 37.8 Å². The highest BCUT2D eigenvalue weighted by atomic mass is 28.4. The summed E-state index contributed by atoms with van der Waals surface area (Å²) in [7, 11) is -4.42. The lowest BCUT2D eigenvalue weighted by Gasteiger charge is -2.43. The van der Waals surface area contributed by atoms with Crippen LogP contribution >= 0.6 is 0 Å². The molecule has 2 aliphatic carbocycles. The van der Waals surface area contributed by atoms with Crippen LogP contribution in [-0.4, -0.2) is 63.9 Å². The molecule has 0 radical (unpaired) electrons. The molecular formula is C24H38FN5O4Si2. The smallest absolute Gasteiger partial charge is 0.351 e. The van der Waals surface area contributed by atoms with Crippen LogP contribution in [0.3, 0.4) is 0 Å². The molecule has 3 aliphatic rings. The molecule has 0 spiro atoms. The second-order valence-electron chi connectivity index (χ2n) is 13.3. The minimum absolute atomic E-state index is 0.0801. The highest BCUT2D eigenvalue weighted by Gasteiger charge is 2.87. The predicted molar refractivity (Wildman–Crippen MR) is 138 cm³/mol. The van der Waals surface area contributed by atoms with Gasteiger partial charge in [-0.2, -0.15) is 10.1 Å². The van der Waals surface area contributed by atoms with E-state index in [0.29, 0.717) is 18.7 Å². The number of alkyl halides is 1. The minimum Gasteiger partial charge on any atom is -0.409 e. The molecule has 2 saturated carbocycles. The quantitative estimate of drug-likeness (QED) is 0.510. The summed E-state index contributed by atoms with van der Waals surface area (Å²) in [6.45, 7) is 18.9. The van der Waals surface area contributed by atoms with Crippen LogP contribution in [0.1, 0.15) is 51.8 Å². The zero-order valence-corrected chi connectivity index (χ0v) is 24.8. The van der Waals surface area contributed by atoms with Crippen molar-refractivity contribution in [2.24, 2.45) is 0 Å². The monoisotopic (exact) mass is 535 g/mol. The first kappa shape index (κ1) is 25.9. The number of aromatic nitrogens is 5. The standard InChI is InChI=1S/C24H38FN5O4Si2/c1-16-11-29(20(31)28-18(16)30-15-26-14-27-30)17-10-22(33-35(5,6)7)12-23(25)13-24(23,19(22)32-17)34-36(8,9)21(2,3)4/h11,14-15,17,19H,10,12-13H2,1-9H3/t17-,19+,22-,23+,24+/m1/s1. The summed E-state index contributed by atoms with van der Waals surface area (Å²) in [5.74, 6) is 0.419. The Kier molecular flexibility index (Phi) is 5.50. The third-order valence-electron chi connectivity index (χ3n) is 8.28. The van der Waals surface area contributed by atoms with Crippen LogP contribution in [0.25, 0.3) is 5.82 Å². The van der Waals surface area contributed by atoms with Gasteiger partial charge in [-0.25, -0.2) is 18.9 Å². The normalized spacial score (nSPS) is 34.1. The molecule has 0 N–H and O–H groups in total. The maximum atomic E-state index is 16.3. The SMILES string of the molecule is Cc1cn([C@H]2C[C@@]3(O[Si](C)(C)C)C[C@]4(F)C[C@]4(O[Si](C)(C)C(C)(C)C)[C@H]3O2)c(=O)nc1-n1cncn1. The van der Waals surface area contributed by atoms with Crippen LogP contribution in [0, 0.1) is 6.92 Å². The number of hydrogen-bond acceptors (Lipinski definition) is 7. The summed E-state index contributed by atoms with van der Waals surface area (Å²) < 4.78 is 39.5. The number of ether oxygens (including phenoxy) is 1. The predicted octanol–water partition coefficient (Wildman–Crippen LogP) is 4.29. The fourth-order valence-corrected chi connectivity index (χ4v) is 8.89. The van der Waals surface area contributed by atoms with Crippen LogP contribution in [0.5, 0.6) is 0 Å². The van der Waals surface area contributed by atoms with E-state index >= 15 is 4.39 Å². The molecule has 3 heterocycles. The average Bonchev–Trinajstić information content (AvgIpc) is 3.13. The molecular weight excluding hydrogens is 497 g/mol. The van der Waals surface area contributed by atoms with Gasteiger partial charge >= 0.3 is 5.69 Å². The first-order valence-corrected chi connectivity index (χ1v) is 18.9. The van der Waals surface area contributed by atoms with E-state index < -0.39 is 51.5 Å². The number of halogens is 1. The van der Waals surface area contributed by atoms with Crippen molar-refractivity contribution in [1.29, 1.82) is 0 Å². The van der Waals surface area contributed by atoms with Crippen molar-refractivity contribution in [2.75, 3.05) is 0 Å². The largest absolute Gasteiger partial charge is 0.409 e. The Balaban J connectivity index is 1.53. The van der Waals surface area contributed by atoms with E-state index in [2.05, 4.69) is 68.6 Å². The first-order valence-electron chi connectivity index (χ1n) is 12.6. The molecule has 12 heteroatoms. The lowest BCUT2D eigenvalue weighted by atomic mass is 9.92. The third kappa shape index (κ3) is 3.87. The van der Waals surface area contributed by atoms with Gasteiger partial charge in [0, 0.05) is 31.0 Å². The Hall–Kier alpha value is -1.74. The van der Waals surface area contributed by atoms with Crippen molar-refractivity contribution in [3.05, 3.63) is 34.9 Å². The highest BCUT2D eigenvalue weighted by molar-refractivity contribution is 6.74. The van der Waals surface area contributed by atoms with Crippen LogP contribution in [0.4, 0.5) is 4.39 Å². The fourth-order valence-electron chi connectivity index (χ4n) is 5.83. The number of rotatable bonds is 6. The summed E-state index contributed by atoms with van der Waals surface area (Å²) >= 11 is 0. The van der Waals surface area contributed by atoms with Crippen molar-refractivity contribution in [3.8, 4) is 5.82 Å². The molecule has 0 amide bonds. The maximum absolute atomic E-state index is 16.3. The minimum atomic E-state index is -2.32. The molecule has 36 heavy (non-hydrogen) atoms. The van der Waals surface area contributed by atoms with Crippen LogP contribution < -0.4 is 5.69 Å². The number of aryl methyl sites for hydroxylation is 1. The summed E-state index contributed by atoms with van der Waals surface area (Å²) in [5, 5.41) is 4.01. The third-order valence-corrected chi connectivity index (χ3v) is 13.8. The van der Waals surface area contributed by atoms with E-state index in [9.17, 15) is 4.79 Å². The molecule has 0 unspecified atom stereocenters. The molecule has 2 aromatic heterocycles. The van der Waals surface area contributed by atoms with Crippen molar-refractivity contribution in [3.63, 3.8) is 0 Å². The summed E-state index contributed by atoms with van der Waals surface area (Å²) in [6.07, 6.45) is 4.31. The van der Waals surface area contributed by atoms with Gasteiger partial charge in [-0.05, 0) is 44.7 Å². The highest BCUT2D eigenvalue weighted by Crippen LogP contribution is 2.73. The van der Waals surface area contributed by atoms with Crippen molar-refractivity contribution >= 4 is 16.6 Å². The van der Waals surface area contributed by atoms with Gasteiger partial charge in [0.05, 0.1) is 5.60 Å². The number of fused-ring (bicyclic) bond motifs is 3. The van der Waals surface area contributed by atoms with Crippen LogP contribution in [-0.2, 0) is 13.6 Å². The second-order valence-corrected chi connectivity index (χ2v) is 22.5. The van der Waals surface area contributed by atoms with Gasteiger partial charge in [-0.15, -0.1) is 0 Å². The Morgan fingerprint density at radius 1 is 1.17 bits per heavy atom. The van der Waals surface area contributed by atoms with Crippen LogP contribution in [0.15, 0.2) is 23.6 Å². The van der Waals surface area contributed by atoms with Crippen molar-refractivity contribution < 1.29 is 18.0 Å². The Morgan fingerprint density at radius 2 is 1.86 bits per heavy atom. The van der Waals surface area contributed by atoms with Crippen molar-refractivity contribution in [2.45, 2.75) is 114 Å². The topological polar surface area (TPSA) is 93.3 Å². The number of hydrogen-bond donors (Lipinski definition) is 0. The molecule has 2 aromatic rings. The van der Waals surface area contributed by atoms with Crippen molar-refractivity contribution in [1.82, 2.24) is 24.3 Å². The van der Waals surface area contributed by atoms with Gasteiger partial charge in [0.25, 0.3) is 0 Å². The Labute approximate surface area is 213 Å². The molecule has 9 nitrogen and oxygen atoms in total.